The molecule has 0 fully saturated rings. The number of carbonyl (C=O) groups excluding carboxylic acids is 1. The minimum Gasteiger partial charge on any atom is -0.319 e. The van der Waals surface area contributed by atoms with Crippen LogP contribution in [0.2, 0.25) is 0 Å². The lowest BCUT2D eigenvalue weighted by atomic mass is 10.1. The maximum Gasteiger partial charge on any atom is 0.422 e. The molecule has 0 spiro atoms. The van der Waals surface area contributed by atoms with Crippen LogP contribution >= 0.6 is 0 Å². The van der Waals surface area contributed by atoms with Gasteiger partial charge in [0.25, 0.3) is 6.43 Å². The maximum absolute atomic E-state index is 13.8. The highest BCUT2D eigenvalue weighted by molar-refractivity contribution is 5.93. The molecule has 1 atom stereocenters. The van der Waals surface area contributed by atoms with E-state index in [0.717, 1.165) is 17.7 Å². The smallest absolute Gasteiger partial charge is 0.319 e. The Morgan fingerprint density at radius 2 is 1.57 bits per heavy atom. The molecule has 1 aromatic heterocycles. The molecular weight excluding hydrogens is 409 g/mol. The molecule has 0 radical (unpaired) electrons. The molecule has 1 N–H and O–H groups in total. The van der Waals surface area contributed by atoms with Crippen molar-refractivity contribution in [3.63, 3.8) is 0 Å². The van der Waals surface area contributed by atoms with Crippen LogP contribution in [0.4, 0.5) is 45.2 Å². The molecule has 0 bridgehead atoms. The molecule has 0 aliphatic heterocycles. The number of benzene rings is 1. The molecule has 2 aromatic rings. The van der Waals surface area contributed by atoms with E-state index in [1.54, 1.807) is 0 Å². The van der Waals surface area contributed by atoms with E-state index in [1.807, 2.05) is 0 Å². The molecule has 1 amide bonds. The number of anilines is 1. The Balaban J connectivity index is 2.42. The second-order valence-corrected chi connectivity index (χ2v) is 5.62. The third-order valence-electron chi connectivity index (χ3n) is 3.71. The summed E-state index contributed by atoms with van der Waals surface area (Å²) in [6.07, 6.45) is -8.72. The molecule has 1 unspecified atom stereocenters. The quantitative estimate of drug-likeness (QED) is 0.566. The van der Waals surface area contributed by atoms with Gasteiger partial charge in [0.2, 0.25) is 5.91 Å². The molecule has 13 heteroatoms. The van der Waals surface area contributed by atoms with Crippen molar-refractivity contribution in [1.29, 1.82) is 0 Å². The average Bonchev–Trinajstić information content (AvgIpc) is 2.97. The standard InChI is InChI=1S/C15H10F9N3O/c1-4-3-6(13(20)21)26-27(4)5(2)14(28)25-12-10(18)8(16)7(15(22,23)24)9(17)11(12)19/h3,5,13H,1-2H3,(H,25,28). The topological polar surface area (TPSA) is 46.9 Å². The van der Waals surface area contributed by atoms with Crippen LogP contribution in [0, 0.1) is 30.2 Å². The van der Waals surface area contributed by atoms with Gasteiger partial charge in [-0.05, 0) is 19.9 Å². The van der Waals surface area contributed by atoms with Crippen molar-refractivity contribution in [2.24, 2.45) is 0 Å². The zero-order valence-corrected chi connectivity index (χ0v) is 13.9. The Labute approximate surface area is 150 Å². The summed E-state index contributed by atoms with van der Waals surface area (Å²) >= 11 is 0. The number of aromatic nitrogens is 2. The average molecular weight is 419 g/mol. The third-order valence-corrected chi connectivity index (χ3v) is 3.71. The monoisotopic (exact) mass is 419 g/mol. The van der Waals surface area contributed by atoms with Crippen LogP contribution in [0.15, 0.2) is 6.07 Å². The second-order valence-electron chi connectivity index (χ2n) is 5.62. The first kappa shape index (κ1) is 21.6. The number of nitrogens with one attached hydrogen (secondary N) is 1. The predicted octanol–water partition coefficient (Wildman–Crippen LogP) is 4.90. The minimum absolute atomic E-state index is 0.0451. The minimum atomic E-state index is -5.73. The predicted molar refractivity (Wildman–Crippen MR) is 76.5 cm³/mol. The van der Waals surface area contributed by atoms with Gasteiger partial charge >= 0.3 is 6.18 Å². The fourth-order valence-corrected chi connectivity index (χ4v) is 2.34. The van der Waals surface area contributed by atoms with E-state index in [9.17, 15) is 44.3 Å². The van der Waals surface area contributed by atoms with Crippen molar-refractivity contribution >= 4 is 11.6 Å². The first-order valence-corrected chi connectivity index (χ1v) is 7.35. The number of hydrogen-bond acceptors (Lipinski definition) is 2. The summed E-state index contributed by atoms with van der Waals surface area (Å²) in [5, 5.41) is 4.84. The number of amides is 1. The summed E-state index contributed by atoms with van der Waals surface area (Å²) in [6.45, 7) is 2.33. The van der Waals surface area contributed by atoms with Gasteiger partial charge in [0.15, 0.2) is 23.3 Å². The van der Waals surface area contributed by atoms with Crippen LogP contribution in [-0.4, -0.2) is 15.7 Å². The number of halogens is 9. The first-order valence-electron chi connectivity index (χ1n) is 7.35. The van der Waals surface area contributed by atoms with Crippen LogP contribution in [0.1, 0.15) is 36.3 Å². The SMILES string of the molecule is Cc1cc(C(F)F)nn1C(C)C(=O)Nc1c(F)c(F)c(C(F)(F)F)c(F)c1F. The van der Waals surface area contributed by atoms with Crippen molar-refractivity contribution in [2.45, 2.75) is 32.5 Å². The van der Waals surface area contributed by atoms with Crippen LogP contribution in [0.3, 0.4) is 0 Å². The molecule has 2 rings (SSSR count). The fourth-order valence-electron chi connectivity index (χ4n) is 2.34. The number of hydrogen-bond donors (Lipinski definition) is 1. The summed E-state index contributed by atoms with van der Waals surface area (Å²) in [7, 11) is 0. The first-order chi connectivity index (χ1) is 12.8. The van der Waals surface area contributed by atoms with Crippen molar-refractivity contribution in [3.8, 4) is 0 Å². The van der Waals surface area contributed by atoms with Gasteiger partial charge in [-0.1, -0.05) is 0 Å². The molecular formula is C15H10F9N3O. The number of rotatable bonds is 4. The van der Waals surface area contributed by atoms with Gasteiger partial charge in [0, 0.05) is 5.69 Å². The van der Waals surface area contributed by atoms with E-state index < -0.39 is 64.8 Å². The molecule has 1 heterocycles. The van der Waals surface area contributed by atoms with E-state index in [0.29, 0.717) is 0 Å². The zero-order chi connectivity index (χ0) is 21.5. The van der Waals surface area contributed by atoms with E-state index in [1.165, 1.54) is 12.2 Å². The van der Waals surface area contributed by atoms with Gasteiger partial charge in [-0.2, -0.15) is 18.3 Å². The highest BCUT2D eigenvalue weighted by Gasteiger charge is 2.42. The summed E-state index contributed by atoms with van der Waals surface area (Å²) < 4.78 is 119. The van der Waals surface area contributed by atoms with Gasteiger partial charge < -0.3 is 5.32 Å². The summed E-state index contributed by atoms with van der Waals surface area (Å²) in [5.41, 5.74) is -5.25. The van der Waals surface area contributed by atoms with Crippen molar-refractivity contribution in [3.05, 3.63) is 46.3 Å². The number of alkyl halides is 5. The molecule has 28 heavy (non-hydrogen) atoms. The Morgan fingerprint density at radius 3 is 1.96 bits per heavy atom. The largest absolute Gasteiger partial charge is 0.422 e. The van der Waals surface area contributed by atoms with Crippen molar-refractivity contribution in [2.75, 3.05) is 5.32 Å². The van der Waals surface area contributed by atoms with Crippen LogP contribution in [0.25, 0.3) is 0 Å². The molecule has 1 aromatic carbocycles. The van der Waals surface area contributed by atoms with Gasteiger partial charge in [-0.3, -0.25) is 9.48 Å². The highest BCUT2D eigenvalue weighted by Crippen LogP contribution is 2.38. The van der Waals surface area contributed by atoms with Crippen molar-refractivity contribution in [1.82, 2.24) is 9.78 Å². The Morgan fingerprint density at radius 1 is 1.07 bits per heavy atom. The Hall–Kier alpha value is -2.73. The van der Waals surface area contributed by atoms with E-state index in [4.69, 9.17) is 0 Å². The van der Waals surface area contributed by atoms with Gasteiger partial charge in [0.05, 0.1) is 0 Å². The Kier molecular flexibility index (Phi) is 5.67. The van der Waals surface area contributed by atoms with Crippen molar-refractivity contribution < 1.29 is 44.3 Å². The number of nitrogens with zero attached hydrogens (tertiary/aromatic N) is 2. The summed E-state index contributed by atoms with van der Waals surface area (Å²) in [5.74, 6) is -11.8. The maximum atomic E-state index is 13.8. The molecule has 0 aliphatic rings. The van der Waals surface area contributed by atoms with E-state index in [2.05, 4.69) is 5.10 Å². The van der Waals surface area contributed by atoms with E-state index in [-0.39, 0.29) is 5.69 Å². The molecule has 0 saturated carbocycles. The normalized spacial score (nSPS) is 13.1. The van der Waals surface area contributed by atoms with Crippen LogP contribution < -0.4 is 5.32 Å². The molecule has 0 saturated heterocycles. The second kappa shape index (κ2) is 7.36. The van der Waals surface area contributed by atoms with Gasteiger partial charge in [-0.15, -0.1) is 0 Å². The molecule has 4 nitrogen and oxygen atoms in total. The highest BCUT2D eigenvalue weighted by atomic mass is 19.4. The lowest BCUT2D eigenvalue weighted by Gasteiger charge is -2.17. The van der Waals surface area contributed by atoms with Gasteiger partial charge in [0.1, 0.15) is 23.0 Å². The number of aryl methyl sites for hydroxylation is 1. The zero-order valence-electron chi connectivity index (χ0n) is 13.9. The van der Waals surface area contributed by atoms with Crippen LogP contribution in [-0.2, 0) is 11.0 Å². The van der Waals surface area contributed by atoms with Crippen LogP contribution in [0.5, 0.6) is 0 Å². The molecule has 154 valence electrons. The lowest BCUT2D eigenvalue weighted by Crippen LogP contribution is -2.27. The van der Waals surface area contributed by atoms with Gasteiger partial charge in [-0.25, -0.2) is 26.3 Å². The summed E-state index contributed by atoms with van der Waals surface area (Å²) in [4.78, 5) is 12.1. The molecule has 0 aliphatic carbocycles. The lowest BCUT2D eigenvalue weighted by molar-refractivity contribution is -0.143. The summed E-state index contributed by atoms with van der Waals surface area (Å²) in [6, 6.07) is -0.577. The number of carbonyl (C=O) groups is 1. The Bertz CT molecular complexity index is 891. The fraction of sp³-hybridized carbons (Fsp3) is 0.333. The van der Waals surface area contributed by atoms with E-state index >= 15 is 0 Å². The third kappa shape index (κ3) is 3.78.